The minimum Gasteiger partial charge on any atom is -0.497 e. The van der Waals surface area contributed by atoms with Gasteiger partial charge in [-0.2, -0.15) is 0 Å². The largest absolute Gasteiger partial charge is 0.497 e. The quantitative estimate of drug-likeness (QED) is 0.327. The molecule has 1 aliphatic rings. The Morgan fingerprint density at radius 3 is 2.89 bits per heavy atom. The Morgan fingerprint density at radius 1 is 1.32 bits per heavy atom. The Labute approximate surface area is 220 Å². The van der Waals surface area contributed by atoms with Gasteiger partial charge in [0.2, 0.25) is 0 Å². The second kappa shape index (κ2) is 10.7. The van der Waals surface area contributed by atoms with Crippen molar-refractivity contribution < 1.29 is 9.47 Å². The topological polar surface area (TPSA) is 98.2 Å². The summed E-state index contributed by atoms with van der Waals surface area (Å²) in [5, 5.41) is 16.0. The number of ether oxygens (including phenoxy) is 2. The van der Waals surface area contributed by atoms with Crippen LogP contribution in [0.5, 0.6) is 5.75 Å². The lowest BCUT2D eigenvalue weighted by Crippen LogP contribution is -2.41. The summed E-state index contributed by atoms with van der Waals surface area (Å²) < 4.78 is 13.4. The summed E-state index contributed by atoms with van der Waals surface area (Å²) in [4.78, 5) is 20.3. The highest BCUT2D eigenvalue weighted by atomic mass is 32.1. The first-order valence-corrected chi connectivity index (χ1v) is 13.7. The monoisotopic (exact) mass is 522 g/mol. The molecule has 4 aromatic rings. The number of H-pyrrole nitrogens is 1. The average Bonchev–Trinajstić information content (AvgIpc) is 3.68. The number of aromatic nitrogens is 5. The highest BCUT2D eigenvalue weighted by Gasteiger charge is 2.36. The Kier molecular flexibility index (Phi) is 7.41. The number of nitrogens with zero attached hydrogens (tertiary/aromatic N) is 5. The van der Waals surface area contributed by atoms with E-state index in [1.54, 1.807) is 18.4 Å². The number of aromatic amines is 1. The van der Waals surface area contributed by atoms with Crippen LogP contribution in [-0.4, -0.2) is 56.5 Å². The molecular weight excluding hydrogens is 488 g/mol. The molecule has 1 aromatic carbocycles. The first-order valence-electron chi connectivity index (χ1n) is 12.8. The lowest BCUT2D eigenvalue weighted by atomic mass is 9.98. The number of methoxy groups -OCH3 is 1. The van der Waals surface area contributed by atoms with E-state index in [1.165, 1.54) is 4.88 Å². The van der Waals surface area contributed by atoms with Crippen molar-refractivity contribution in [1.82, 2.24) is 30.1 Å². The van der Waals surface area contributed by atoms with Crippen LogP contribution in [0.15, 0.2) is 46.6 Å². The van der Waals surface area contributed by atoms with Gasteiger partial charge >= 0.3 is 0 Å². The summed E-state index contributed by atoms with van der Waals surface area (Å²) in [6.07, 6.45) is 2.95. The van der Waals surface area contributed by atoms with Gasteiger partial charge in [-0.05, 0) is 79.2 Å². The van der Waals surface area contributed by atoms with Crippen LogP contribution in [-0.2, 0) is 16.8 Å². The lowest BCUT2D eigenvalue weighted by molar-refractivity contribution is 0.0566. The van der Waals surface area contributed by atoms with Gasteiger partial charge in [0.05, 0.1) is 18.8 Å². The molecule has 0 saturated carbocycles. The maximum Gasteiger partial charge on any atom is 0.253 e. The third kappa shape index (κ3) is 5.32. The molecule has 3 aromatic heterocycles. The van der Waals surface area contributed by atoms with Crippen LogP contribution in [0, 0.1) is 0 Å². The fraction of sp³-hybridized carbons (Fsp3) is 0.481. The van der Waals surface area contributed by atoms with Crippen LogP contribution in [0.25, 0.3) is 10.9 Å². The summed E-state index contributed by atoms with van der Waals surface area (Å²) in [7, 11) is 1.64. The zero-order valence-corrected chi connectivity index (χ0v) is 22.6. The van der Waals surface area contributed by atoms with Crippen LogP contribution >= 0.6 is 11.3 Å². The number of hydrogen-bond acceptors (Lipinski definition) is 8. The van der Waals surface area contributed by atoms with Gasteiger partial charge in [0, 0.05) is 41.0 Å². The van der Waals surface area contributed by atoms with Gasteiger partial charge in [0.1, 0.15) is 11.8 Å². The minimum atomic E-state index is -0.480. The second-order valence-corrected chi connectivity index (χ2v) is 11.2. The van der Waals surface area contributed by atoms with Gasteiger partial charge in [-0.1, -0.05) is 13.0 Å². The number of nitrogens with one attached hydrogen (secondary N) is 1. The minimum absolute atomic E-state index is 0.0885. The number of tetrazole rings is 1. The van der Waals surface area contributed by atoms with E-state index < -0.39 is 6.04 Å². The van der Waals surface area contributed by atoms with E-state index in [0.717, 1.165) is 42.5 Å². The second-order valence-electron chi connectivity index (χ2n) is 10.2. The van der Waals surface area contributed by atoms with E-state index in [1.807, 2.05) is 28.9 Å². The number of rotatable bonds is 10. The molecule has 0 bridgehead atoms. The molecule has 4 heterocycles. The smallest absolute Gasteiger partial charge is 0.253 e. The highest BCUT2D eigenvalue weighted by Crippen LogP contribution is 2.33. The Morgan fingerprint density at radius 2 is 2.19 bits per heavy atom. The fourth-order valence-corrected chi connectivity index (χ4v) is 5.62. The van der Waals surface area contributed by atoms with Crippen LogP contribution in [0.2, 0.25) is 0 Å². The van der Waals surface area contributed by atoms with Crippen molar-refractivity contribution in [2.45, 2.75) is 64.3 Å². The normalized spacial score (nSPS) is 17.1. The van der Waals surface area contributed by atoms with E-state index in [-0.39, 0.29) is 17.2 Å². The molecule has 0 spiro atoms. The summed E-state index contributed by atoms with van der Waals surface area (Å²) in [5.74, 6) is 1.38. The fourth-order valence-electron chi connectivity index (χ4n) is 4.89. The number of thiophene rings is 1. The van der Waals surface area contributed by atoms with Gasteiger partial charge in [0.15, 0.2) is 5.82 Å². The molecule has 1 saturated heterocycles. The van der Waals surface area contributed by atoms with E-state index in [2.05, 4.69) is 63.7 Å². The van der Waals surface area contributed by atoms with Gasteiger partial charge in [-0.25, -0.2) is 4.68 Å². The van der Waals surface area contributed by atoms with Crippen LogP contribution in [0.1, 0.15) is 62.3 Å². The summed E-state index contributed by atoms with van der Waals surface area (Å²) >= 11 is 1.70. The van der Waals surface area contributed by atoms with Crippen molar-refractivity contribution >= 4 is 22.2 Å². The van der Waals surface area contributed by atoms with Gasteiger partial charge in [-0.15, -0.1) is 16.4 Å². The van der Waals surface area contributed by atoms with Crippen molar-refractivity contribution in [3.63, 3.8) is 0 Å². The maximum atomic E-state index is 13.7. The molecule has 1 aliphatic heterocycles. The van der Waals surface area contributed by atoms with Gasteiger partial charge in [0.25, 0.3) is 5.56 Å². The van der Waals surface area contributed by atoms with Crippen molar-refractivity contribution in [1.29, 1.82) is 0 Å². The molecular formula is C27H34N6O3S. The number of fused-ring (bicyclic) bond motifs is 1. The van der Waals surface area contributed by atoms with Crippen LogP contribution in [0.3, 0.4) is 0 Å². The molecule has 0 unspecified atom stereocenters. The molecule has 196 valence electrons. The molecule has 37 heavy (non-hydrogen) atoms. The SMILES string of the molecule is CCC(C)(C)n1nnnc1[C@H](c1cc2cc(OC)ccc2[nH]c1=O)N(Cc1cccs1)C[C@@H]1CCCO1. The van der Waals surface area contributed by atoms with Gasteiger partial charge in [-0.3, -0.25) is 9.69 Å². The molecule has 9 nitrogen and oxygen atoms in total. The zero-order valence-electron chi connectivity index (χ0n) is 21.8. The molecule has 10 heteroatoms. The van der Waals surface area contributed by atoms with E-state index in [0.29, 0.717) is 24.5 Å². The number of pyridine rings is 1. The predicted molar refractivity (Wildman–Crippen MR) is 144 cm³/mol. The Balaban J connectivity index is 1.70. The van der Waals surface area contributed by atoms with E-state index in [4.69, 9.17) is 9.47 Å². The van der Waals surface area contributed by atoms with E-state index >= 15 is 0 Å². The third-order valence-electron chi connectivity index (χ3n) is 7.32. The highest BCUT2D eigenvalue weighted by molar-refractivity contribution is 7.09. The third-order valence-corrected chi connectivity index (χ3v) is 8.18. The first kappa shape index (κ1) is 25.6. The van der Waals surface area contributed by atoms with Crippen molar-refractivity contribution in [3.8, 4) is 5.75 Å². The first-order chi connectivity index (χ1) is 17.9. The summed E-state index contributed by atoms with van der Waals surface area (Å²) in [6.45, 7) is 8.42. The maximum absolute atomic E-state index is 13.7. The lowest BCUT2D eigenvalue weighted by Gasteiger charge is -2.34. The average molecular weight is 523 g/mol. The molecule has 1 N–H and O–H groups in total. The summed E-state index contributed by atoms with van der Waals surface area (Å²) in [5.41, 5.74) is 0.863. The van der Waals surface area contributed by atoms with Crippen molar-refractivity contribution in [2.24, 2.45) is 0 Å². The van der Waals surface area contributed by atoms with Gasteiger partial charge < -0.3 is 14.5 Å². The molecule has 5 rings (SSSR count). The molecule has 0 amide bonds. The molecule has 0 radical (unpaired) electrons. The van der Waals surface area contributed by atoms with E-state index in [9.17, 15) is 4.79 Å². The Bertz CT molecular complexity index is 1390. The number of hydrogen-bond donors (Lipinski definition) is 1. The molecule has 2 atom stereocenters. The number of benzene rings is 1. The molecule has 0 aliphatic carbocycles. The zero-order chi connectivity index (χ0) is 26.0. The molecule has 1 fully saturated rings. The van der Waals surface area contributed by atoms with Crippen LogP contribution < -0.4 is 10.3 Å². The predicted octanol–water partition coefficient (Wildman–Crippen LogP) is 4.50. The van der Waals surface area contributed by atoms with Crippen molar-refractivity contribution in [3.05, 3.63) is 68.4 Å². The van der Waals surface area contributed by atoms with Crippen molar-refractivity contribution in [2.75, 3.05) is 20.3 Å². The van der Waals surface area contributed by atoms with Crippen LogP contribution in [0.4, 0.5) is 0 Å². The Hall–Kier alpha value is -3.08. The standard InChI is InChI=1S/C27H34N6O3S/c1-5-27(2,3)33-25(29-30-31-33)24(22-15-18-14-19(35-4)10-11-23(18)28-26(22)34)32(16-20-8-6-12-36-20)17-21-9-7-13-37-21/h7,9-11,13-15,20,24H,5-6,8,12,16-17H2,1-4H3,(H,28,34)/t20-,24-/m0/s1. The summed E-state index contributed by atoms with van der Waals surface area (Å²) in [6, 6.07) is 11.3.